The molecule has 4 heteroatoms. The first-order chi connectivity index (χ1) is 3.41. The molecule has 0 atom stereocenters. The highest BCUT2D eigenvalue weighted by atomic mass is 15.1. The van der Waals surface area contributed by atoms with Gasteiger partial charge in [-0.2, -0.15) is 5.10 Å². The highest BCUT2D eigenvalue weighted by molar-refractivity contribution is 5.21. The van der Waals surface area contributed by atoms with Crippen LogP contribution in [0.4, 0.5) is 0 Å². The van der Waals surface area contributed by atoms with Crippen LogP contribution in [-0.2, 0) is 0 Å². The van der Waals surface area contributed by atoms with Crippen LogP contribution in [-0.4, -0.2) is 6.72 Å². The van der Waals surface area contributed by atoms with Crippen molar-refractivity contribution in [3.05, 3.63) is 13.1 Å². The van der Waals surface area contributed by atoms with Gasteiger partial charge in [-0.15, -0.1) is 0 Å². The normalized spacial score (nSPS) is 2.29. The summed E-state index contributed by atoms with van der Waals surface area (Å²) in [5.41, 5.74) is 0. The van der Waals surface area contributed by atoms with E-state index in [4.69, 9.17) is 23.7 Å². The van der Waals surface area contributed by atoms with Gasteiger partial charge in [0.1, 0.15) is 0 Å². The Kier molecular flexibility index (Phi) is 450. The van der Waals surface area contributed by atoms with Gasteiger partial charge in [0, 0.05) is 6.72 Å². The van der Waals surface area contributed by atoms with Crippen LogP contribution in [0.25, 0.3) is 0 Å². The zero-order chi connectivity index (χ0) is 6.71. The number of hydrazone groups is 1. The predicted molar refractivity (Wildman–Crippen MR) is 23.7 cm³/mol. The average molecular weight is 96.1 g/mol. The van der Waals surface area contributed by atoms with Gasteiger partial charge in [-0.05, 0) is 0 Å². The molecule has 0 aromatic rings. The molecule has 0 aromatic carbocycles. The minimum Gasteiger partial charge on any atom is -0.512 e. The summed E-state index contributed by atoms with van der Waals surface area (Å²) in [5, 5.41) is 15.2. The summed E-state index contributed by atoms with van der Waals surface area (Å²) in [7, 11) is 0. The second-order valence-corrected chi connectivity index (χ2v) is 0.183. The lowest BCUT2D eigenvalue weighted by Gasteiger charge is -1.44. The molecule has 0 rings (SSSR count). The molecule has 0 saturated heterocycles. The highest BCUT2D eigenvalue weighted by Gasteiger charge is 1.03. The summed E-state index contributed by atoms with van der Waals surface area (Å²) >= 11 is 0. The van der Waals surface area contributed by atoms with Crippen molar-refractivity contribution in [2.24, 2.45) is 10.9 Å². The molecule has 2 N–H and O–H groups in total. The third-order valence-corrected chi connectivity index (χ3v) is 0. The van der Waals surface area contributed by atoms with E-state index in [1.54, 1.807) is 0 Å². The van der Waals surface area contributed by atoms with Crippen LogP contribution in [0.1, 0.15) is 0 Å². The molecule has 0 fully saturated rings. The zero-order valence-electron chi connectivity index (χ0n) is 3.63. The van der Waals surface area contributed by atoms with Gasteiger partial charge >= 0.3 is 0 Å². The van der Waals surface area contributed by atoms with Crippen LogP contribution in [0.3, 0.4) is 0 Å². The first-order valence-electron chi connectivity index (χ1n) is 1.02. The van der Waals surface area contributed by atoms with Crippen LogP contribution < -0.4 is 5.84 Å². The molecule has 0 unspecified atom stereocenters. The molecule has 38 valence electrons. The lowest BCUT2D eigenvalue weighted by atomic mass is 11.7. The lowest BCUT2D eigenvalue weighted by Crippen LogP contribution is -1.68. The Morgan fingerprint density at radius 2 is 1.29 bits per heavy atom. The number of hydrogen-bond acceptors (Lipinski definition) is 4. The first kappa shape index (κ1) is 18.0. The number of nitrogens with two attached hydrogens (primary N) is 1. The predicted octanol–water partition coefficient (Wildman–Crippen LogP) is -0.247. The lowest BCUT2D eigenvalue weighted by molar-refractivity contribution is 1.28. The van der Waals surface area contributed by atoms with E-state index >= 15 is 0 Å². The Balaban J connectivity index is -0.0000000360. The van der Waals surface area contributed by atoms with Gasteiger partial charge < -0.3 is 29.5 Å². The second-order valence-electron chi connectivity index (χ2n) is 0.183. The van der Waals surface area contributed by atoms with Crippen molar-refractivity contribution >= 4 is 6.72 Å². The molecule has 0 spiro atoms. The van der Waals surface area contributed by atoms with Gasteiger partial charge in [-0.25, -0.2) is 0 Å². The average Bonchev–Trinajstić information content (AvgIpc) is 1.78. The summed E-state index contributed by atoms with van der Waals surface area (Å²) in [5.74, 6) is 4.36. The van der Waals surface area contributed by atoms with Gasteiger partial charge in [0.25, 0.3) is 0 Å². The minimum atomic E-state index is 2.75. The van der Waals surface area contributed by atoms with E-state index in [0.29, 0.717) is 0 Å². The molecule has 0 radical (unpaired) electrons. The second kappa shape index (κ2) is 175. The van der Waals surface area contributed by atoms with Crippen LogP contribution in [0, 0.1) is 23.7 Å². The maximum atomic E-state index is 6.25. The summed E-state index contributed by atoms with van der Waals surface area (Å²) in [4.78, 5) is 0. The smallest absolute Gasteiger partial charge is 0.0102 e. The fourth-order valence-electron chi connectivity index (χ4n) is 0. The van der Waals surface area contributed by atoms with E-state index < -0.39 is 0 Å². The molecule has 7 heavy (non-hydrogen) atoms. The minimum absolute atomic E-state index is 2.75. The molecule has 0 aliphatic rings. The number of rotatable bonds is 0. The van der Waals surface area contributed by atoms with Gasteiger partial charge in [0.05, 0.1) is 0 Å². The SMILES string of the molecule is C=NN.[C-]#N.[C-]#N. The first-order valence-corrected chi connectivity index (χ1v) is 1.02. The van der Waals surface area contributed by atoms with Crippen molar-refractivity contribution in [1.82, 2.24) is 0 Å². The van der Waals surface area contributed by atoms with Crippen molar-refractivity contribution in [2.45, 2.75) is 0 Å². The molecule has 4 nitrogen and oxygen atoms in total. The third kappa shape index (κ3) is 11.1. The van der Waals surface area contributed by atoms with E-state index in [2.05, 4.69) is 17.7 Å². The maximum Gasteiger partial charge on any atom is 0.0102 e. The fraction of sp³-hybridized carbons (Fsp3) is 0. The van der Waals surface area contributed by atoms with Gasteiger partial charge in [0.15, 0.2) is 0 Å². The van der Waals surface area contributed by atoms with Crippen molar-refractivity contribution < 1.29 is 0 Å². The van der Waals surface area contributed by atoms with Crippen molar-refractivity contribution in [3.8, 4) is 0 Å². The molecule has 0 heterocycles. The van der Waals surface area contributed by atoms with Gasteiger partial charge in [0.2, 0.25) is 0 Å². The Labute approximate surface area is 42.5 Å². The fourth-order valence-corrected chi connectivity index (χ4v) is 0. The summed E-state index contributed by atoms with van der Waals surface area (Å²) < 4.78 is 0. The highest BCUT2D eigenvalue weighted by Crippen LogP contribution is 1.05. The molecule has 0 amide bonds. The van der Waals surface area contributed by atoms with E-state index in [-0.39, 0.29) is 0 Å². The monoisotopic (exact) mass is 96.0 g/mol. The molecular formula is C3H4N4-2. The number of nitrogens with zero attached hydrogens (tertiary/aromatic N) is 3. The van der Waals surface area contributed by atoms with Crippen molar-refractivity contribution in [2.75, 3.05) is 0 Å². The van der Waals surface area contributed by atoms with Crippen LogP contribution in [0.5, 0.6) is 0 Å². The summed E-state index contributed by atoms with van der Waals surface area (Å²) in [6, 6.07) is 0. The Morgan fingerprint density at radius 3 is 1.29 bits per heavy atom. The van der Waals surface area contributed by atoms with Crippen molar-refractivity contribution in [3.63, 3.8) is 0 Å². The third-order valence-electron chi connectivity index (χ3n) is 0. The maximum absolute atomic E-state index is 6.25. The quantitative estimate of drug-likeness (QED) is 0.195. The van der Waals surface area contributed by atoms with E-state index in [1.807, 2.05) is 0 Å². The van der Waals surface area contributed by atoms with Crippen molar-refractivity contribution in [1.29, 1.82) is 10.5 Å². The molecule has 0 aliphatic carbocycles. The molecule has 0 aliphatic heterocycles. The molecular weight excluding hydrogens is 92.1 g/mol. The summed E-state index contributed by atoms with van der Waals surface area (Å²) in [6.07, 6.45) is 0. The largest absolute Gasteiger partial charge is 0.512 e. The van der Waals surface area contributed by atoms with Crippen LogP contribution in [0.15, 0.2) is 5.10 Å². The summed E-state index contributed by atoms with van der Waals surface area (Å²) in [6.45, 7) is 12.4. The van der Waals surface area contributed by atoms with Crippen LogP contribution in [0.2, 0.25) is 0 Å². The standard InChI is InChI=1S/CH4N2.2CN/c1-3-2;2*1-2/h1-2H2;;/q;2*-1. The Hall–Kier alpha value is -1.55. The van der Waals surface area contributed by atoms with Gasteiger partial charge in [-0.1, -0.05) is 0 Å². The molecule has 0 aromatic heterocycles. The van der Waals surface area contributed by atoms with E-state index in [0.717, 1.165) is 0 Å². The number of hydrogen-bond donors (Lipinski definition) is 1. The van der Waals surface area contributed by atoms with Crippen LogP contribution >= 0.6 is 0 Å². The van der Waals surface area contributed by atoms with Gasteiger partial charge in [-0.3, -0.25) is 0 Å². The Bertz CT molecular complexity index is 46.4. The topological polar surface area (TPSA) is 86.0 Å². The Morgan fingerprint density at radius 1 is 1.29 bits per heavy atom. The molecule has 0 saturated carbocycles. The van der Waals surface area contributed by atoms with E-state index in [9.17, 15) is 0 Å². The molecule has 0 bridgehead atoms. The van der Waals surface area contributed by atoms with E-state index in [1.165, 1.54) is 0 Å². The zero-order valence-corrected chi connectivity index (χ0v) is 3.63.